The molecule has 0 aliphatic heterocycles. The molecule has 0 bridgehead atoms. The monoisotopic (exact) mass is 295 g/mol. The first-order valence-corrected chi connectivity index (χ1v) is 7.26. The number of aromatic nitrogens is 1. The van der Waals surface area contributed by atoms with Crippen molar-refractivity contribution in [2.24, 2.45) is 0 Å². The topological polar surface area (TPSA) is 77.2 Å². The molecule has 0 unspecified atom stereocenters. The lowest BCUT2D eigenvalue weighted by Crippen LogP contribution is -2.14. The Morgan fingerprint density at radius 3 is 3.00 bits per heavy atom. The number of nitrogens with two attached hydrogens (primary N) is 1. The Morgan fingerprint density at radius 2 is 2.32 bits per heavy atom. The van der Waals surface area contributed by atoms with Crippen molar-refractivity contribution >= 4 is 39.8 Å². The van der Waals surface area contributed by atoms with Crippen molar-refractivity contribution in [1.82, 2.24) is 4.98 Å². The number of thioether (sulfide) groups is 1. The number of carbonyl (C=O) groups excluding carboxylic acids is 1. The normalized spacial score (nSPS) is 10.2. The molecule has 2 aromatic rings. The highest BCUT2D eigenvalue weighted by molar-refractivity contribution is 8.01. The van der Waals surface area contributed by atoms with E-state index in [1.807, 2.05) is 12.1 Å². The molecule has 0 aliphatic carbocycles. The van der Waals surface area contributed by atoms with Crippen LogP contribution in [-0.4, -0.2) is 23.8 Å². The molecule has 19 heavy (non-hydrogen) atoms. The zero-order valence-electron chi connectivity index (χ0n) is 10.3. The lowest BCUT2D eigenvalue weighted by Gasteiger charge is -2.09. The SMILES string of the molecule is COc1ccccc1NC(=O)CSc1cnc(N)s1. The van der Waals surface area contributed by atoms with Gasteiger partial charge in [0.1, 0.15) is 5.75 Å². The Kier molecular flexibility index (Phi) is 4.64. The third kappa shape index (κ3) is 3.87. The molecule has 1 aromatic carbocycles. The molecule has 1 amide bonds. The molecular formula is C12H13N3O2S2. The van der Waals surface area contributed by atoms with Crippen LogP contribution in [0.2, 0.25) is 0 Å². The molecule has 0 fully saturated rings. The average molecular weight is 295 g/mol. The first-order valence-electron chi connectivity index (χ1n) is 5.46. The number of nitrogens with zero attached hydrogens (tertiary/aromatic N) is 1. The molecule has 100 valence electrons. The predicted octanol–water partition coefficient (Wildman–Crippen LogP) is 2.46. The molecule has 0 radical (unpaired) electrons. The van der Waals surface area contributed by atoms with Crippen molar-refractivity contribution in [3.8, 4) is 5.75 Å². The van der Waals surface area contributed by atoms with Crippen LogP contribution in [0.15, 0.2) is 34.7 Å². The first-order chi connectivity index (χ1) is 9.19. The minimum atomic E-state index is -0.0959. The van der Waals surface area contributed by atoms with Crippen LogP contribution >= 0.6 is 23.1 Å². The van der Waals surface area contributed by atoms with E-state index in [0.717, 1.165) is 4.21 Å². The van der Waals surface area contributed by atoms with Gasteiger partial charge in [0.05, 0.1) is 29.0 Å². The van der Waals surface area contributed by atoms with Gasteiger partial charge in [-0.3, -0.25) is 4.79 Å². The Morgan fingerprint density at radius 1 is 1.53 bits per heavy atom. The molecule has 7 heteroatoms. The summed E-state index contributed by atoms with van der Waals surface area (Å²) in [5.74, 6) is 0.851. The zero-order valence-corrected chi connectivity index (χ0v) is 11.9. The van der Waals surface area contributed by atoms with Crippen molar-refractivity contribution in [2.45, 2.75) is 4.21 Å². The quantitative estimate of drug-likeness (QED) is 0.829. The maximum atomic E-state index is 11.8. The second-order valence-electron chi connectivity index (χ2n) is 3.55. The Balaban J connectivity index is 1.90. The van der Waals surface area contributed by atoms with E-state index < -0.39 is 0 Å². The van der Waals surface area contributed by atoms with E-state index in [-0.39, 0.29) is 5.91 Å². The van der Waals surface area contributed by atoms with Gasteiger partial charge in [-0.15, -0.1) is 11.8 Å². The molecule has 0 atom stereocenters. The predicted molar refractivity (Wildman–Crippen MR) is 78.9 cm³/mol. The molecule has 5 nitrogen and oxygen atoms in total. The smallest absolute Gasteiger partial charge is 0.234 e. The van der Waals surface area contributed by atoms with Crippen LogP contribution in [0.25, 0.3) is 0 Å². The first kappa shape index (κ1) is 13.7. The van der Waals surface area contributed by atoms with Crippen molar-refractivity contribution in [2.75, 3.05) is 23.9 Å². The van der Waals surface area contributed by atoms with Gasteiger partial charge in [-0.1, -0.05) is 23.5 Å². The van der Waals surface area contributed by atoms with E-state index in [1.165, 1.54) is 23.1 Å². The van der Waals surface area contributed by atoms with Crippen LogP contribution in [0.3, 0.4) is 0 Å². The average Bonchev–Trinajstić information content (AvgIpc) is 2.83. The molecule has 1 heterocycles. The fraction of sp³-hybridized carbons (Fsp3) is 0.167. The van der Waals surface area contributed by atoms with Crippen LogP contribution in [0, 0.1) is 0 Å². The van der Waals surface area contributed by atoms with Gasteiger partial charge in [-0.2, -0.15) is 0 Å². The molecule has 0 saturated carbocycles. The highest BCUT2D eigenvalue weighted by Crippen LogP contribution is 2.27. The largest absolute Gasteiger partial charge is 0.495 e. The summed E-state index contributed by atoms with van der Waals surface area (Å²) in [6.45, 7) is 0. The van der Waals surface area contributed by atoms with Crippen LogP contribution in [-0.2, 0) is 4.79 Å². The van der Waals surface area contributed by atoms with Crippen LogP contribution < -0.4 is 15.8 Å². The van der Waals surface area contributed by atoms with E-state index in [4.69, 9.17) is 10.5 Å². The maximum Gasteiger partial charge on any atom is 0.234 e. The summed E-state index contributed by atoms with van der Waals surface area (Å²) in [7, 11) is 1.57. The van der Waals surface area contributed by atoms with E-state index >= 15 is 0 Å². The number of para-hydroxylation sites is 2. The van der Waals surface area contributed by atoms with Gasteiger partial charge in [-0.05, 0) is 12.1 Å². The van der Waals surface area contributed by atoms with Gasteiger partial charge in [-0.25, -0.2) is 4.98 Å². The van der Waals surface area contributed by atoms with E-state index in [2.05, 4.69) is 10.3 Å². The van der Waals surface area contributed by atoms with Gasteiger partial charge in [0.2, 0.25) is 5.91 Å². The molecule has 2 rings (SSSR count). The number of amides is 1. The number of hydrogen-bond donors (Lipinski definition) is 2. The van der Waals surface area contributed by atoms with Crippen LogP contribution in [0.1, 0.15) is 0 Å². The third-order valence-corrected chi connectivity index (χ3v) is 4.25. The minimum absolute atomic E-state index is 0.0959. The van der Waals surface area contributed by atoms with Gasteiger partial charge in [0, 0.05) is 0 Å². The van der Waals surface area contributed by atoms with Crippen molar-refractivity contribution in [3.63, 3.8) is 0 Å². The van der Waals surface area contributed by atoms with Crippen LogP contribution in [0.5, 0.6) is 5.75 Å². The molecule has 1 aromatic heterocycles. The number of hydrogen-bond acceptors (Lipinski definition) is 6. The summed E-state index contributed by atoms with van der Waals surface area (Å²) in [6.07, 6.45) is 1.67. The lowest BCUT2D eigenvalue weighted by molar-refractivity contribution is -0.113. The van der Waals surface area contributed by atoms with Gasteiger partial charge in [0.25, 0.3) is 0 Å². The zero-order chi connectivity index (χ0) is 13.7. The number of carbonyl (C=O) groups is 1. The third-order valence-electron chi connectivity index (χ3n) is 2.23. The number of methoxy groups -OCH3 is 1. The van der Waals surface area contributed by atoms with Gasteiger partial charge < -0.3 is 15.8 Å². The van der Waals surface area contributed by atoms with Crippen molar-refractivity contribution in [3.05, 3.63) is 30.5 Å². The summed E-state index contributed by atoms with van der Waals surface area (Å²) >= 11 is 2.77. The lowest BCUT2D eigenvalue weighted by atomic mass is 10.3. The van der Waals surface area contributed by atoms with E-state index in [0.29, 0.717) is 22.3 Å². The highest BCUT2D eigenvalue weighted by Gasteiger charge is 2.08. The highest BCUT2D eigenvalue weighted by atomic mass is 32.2. The van der Waals surface area contributed by atoms with Gasteiger partial charge >= 0.3 is 0 Å². The number of thiazole rings is 1. The Bertz CT molecular complexity index is 572. The number of rotatable bonds is 5. The number of ether oxygens (including phenoxy) is 1. The van der Waals surface area contributed by atoms with Crippen molar-refractivity contribution in [1.29, 1.82) is 0 Å². The Labute approximate surface area is 119 Å². The molecular weight excluding hydrogens is 282 g/mol. The van der Waals surface area contributed by atoms with E-state index in [9.17, 15) is 4.79 Å². The maximum absolute atomic E-state index is 11.8. The molecule has 0 spiro atoms. The molecule has 0 saturated heterocycles. The standard InChI is InChI=1S/C12H13N3O2S2/c1-17-9-5-3-2-4-8(9)15-10(16)7-18-11-6-14-12(13)19-11/h2-6H,7H2,1H3,(H2,13,14)(H,15,16). The van der Waals surface area contributed by atoms with E-state index in [1.54, 1.807) is 25.4 Å². The molecule has 0 aliphatic rings. The Hall–Kier alpha value is -1.73. The summed E-state index contributed by atoms with van der Waals surface area (Å²) < 4.78 is 6.09. The van der Waals surface area contributed by atoms with Gasteiger partial charge in [0.15, 0.2) is 5.13 Å². The number of nitrogen functional groups attached to an aromatic ring is 1. The number of anilines is 2. The van der Waals surface area contributed by atoms with Crippen LogP contribution in [0.4, 0.5) is 10.8 Å². The fourth-order valence-electron chi connectivity index (χ4n) is 1.41. The minimum Gasteiger partial charge on any atom is -0.495 e. The second kappa shape index (κ2) is 6.44. The number of nitrogens with one attached hydrogen (secondary N) is 1. The second-order valence-corrected chi connectivity index (χ2v) is 5.89. The van der Waals surface area contributed by atoms with Crippen molar-refractivity contribution < 1.29 is 9.53 Å². The summed E-state index contributed by atoms with van der Waals surface area (Å²) in [4.78, 5) is 15.8. The summed E-state index contributed by atoms with van der Waals surface area (Å²) in [6, 6.07) is 7.29. The number of benzene rings is 1. The summed E-state index contributed by atoms with van der Waals surface area (Å²) in [5.41, 5.74) is 6.19. The summed E-state index contributed by atoms with van der Waals surface area (Å²) in [5, 5.41) is 3.31. The molecule has 3 N–H and O–H groups in total. The fourth-order valence-corrected chi connectivity index (χ4v) is 2.97.